The maximum Gasteiger partial charge on any atom is 0.178 e. The molecule has 1 aromatic rings. The number of ketones is 1. The van der Waals surface area contributed by atoms with E-state index in [0.717, 1.165) is 13.0 Å². The van der Waals surface area contributed by atoms with Gasteiger partial charge in [0.1, 0.15) is 0 Å². The number of carbonyl (C=O) groups excluding carboxylic acids is 1. The van der Waals surface area contributed by atoms with Gasteiger partial charge in [-0.25, -0.2) is 0 Å². The predicted octanol–water partition coefficient (Wildman–Crippen LogP) is 5.08. The Morgan fingerprint density at radius 1 is 1.25 bits per heavy atom. The molecule has 0 aliphatic heterocycles. The zero-order valence-corrected chi connectivity index (χ0v) is 14.0. The van der Waals surface area contributed by atoms with Gasteiger partial charge >= 0.3 is 0 Å². The largest absolute Gasteiger partial charge is 0.293 e. The normalized spacial score (nSPS) is 11.3. The third kappa shape index (κ3) is 5.43. The summed E-state index contributed by atoms with van der Waals surface area (Å²) in [5.41, 5.74) is 0.553. The second-order valence-electron chi connectivity index (χ2n) is 5.32. The van der Waals surface area contributed by atoms with E-state index in [-0.39, 0.29) is 5.78 Å². The van der Waals surface area contributed by atoms with Crippen LogP contribution in [0.25, 0.3) is 0 Å². The highest BCUT2D eigenvalue weighted by molar-refractivity contribution is 6.36. The Labute approximate surface area is 132 Å². The zero-order valence-electron chi connectivity index (χ0n) is 12.5. The number of halogens is 2. The van der Waals surface area contributed by atoms with E-state index in [2.05, 4.69) is 25.7 Å². The maximum atomic E-state index is 12.4. The fourth-order valence-corrected chi connectivity index (χ4v) is 2.58. The van der Waals surface area contributed by atoms with E-state index in [0.29, 0.717) is 28.2 Å². The topological polar surface area (TPSA) is 20.3 Å². The molecule has 112 valence electrons. The summed E-state index contributed by atoms with van der Waals surface area (Å²) in [4.78, 5) is 14.6. The van der Waals surface area contributed by atoms with Crippen molar-refractivity contribution in [2.45, 2.75) is 46.1 Å². The van der Waals surface area contributed by atoms with Crippen LogP contribution >= 0.6 is 23.2 Å². The summed E-state index contributed by atoms with van der Waals surface area (Å²) >= 11 is 11.9. The summed E-state index contributed by atoms with van der Waals surface area (Å²) in [6.45, 7) is 7.76. The summed E-state index contributed by atoms with van der Waals surface area (Å²) in [5, 5.41) is 0.981. The molecule has 0 saturated carbocycles. The first-order chi connectivity index (χ1) is 9.45. The molecule has 0 bridgehead atoms. The molecule has 0 saturated heterocycles. The van der Waals surface area contributed by atoms with Gasteiger partial charge in [-0.05, 0) is 45.0 Å². The van der Waals surface area contributed by atoms with E-state index < -0.39 is 0 Å². The van der Waals surface area contributed by atoms with E-state index in [9.17, 15) is 4.79 Å². The minimum Gasteiger partial charge on any atom is -0.293 e. The number of benzene rings is 1. The zero-order chi connectivity index (χ0) is 15.1. The lowest BCUT2D eigenvalue weighted by atomic mass is 10.1. The van der Waals surface area contributed by atoms with E-state index in [1.165, 1.54) is 12.8 Å². The number of Topliss-reactive ketones (excluding diaryl/α,β-unsaturated/α-hetero) is 1. The number of unbranched alkanes of at least 4 members (excludes halogenated alkanes) is 2. The van der Waals surface area contributed by atoms with Gasteiger partial charge in [0.25, 0.3) is 0 Å². The van der Waals surface area contributed by atoms with E-state index in [1.54, 1.807) is 18.2 Å². The summed E-state index contributed by atoms with van der Waals surface area (Å²) in [7, 11) is 0. The van der Waals surface area contributed by atoms with Crippen LogP contribution < -0.4 is 0 Å². The first kappa shape index (κ1) is 17.5. The molecule has 0 amide bonds. The Morgan fingerprint density at radius 3 is 2.50 bits per heavy atom. The molecule has 0 atom stereocenters. The molecule has 0 aromatic heterocycles. The van der Waals surface area contributed by atoms with Crippen molar-refractivity contribution in [1.82, 2.24) is 4.90 Å². The van der Waals surface area contributed by atoms with E-state index in [4.69, 9.17) is 23.2 Å². The first-order valence-electron chi connectivity index (χ1n) is 7.18. The third-order valence-corrected chi connectivity index (χ3v) is 3.91. The van der Waals surface area contributed by atoms with E-state index >= 15 is 0 Å². The molecule has 0 aliphatic rings. The van der Waals surface area contributed by atoms with Gasteiger partial charge in [0.15, 0.2) is 5.78 Å². The average Bonchev–Trinajstić information content (AvgIpc) is 2.37. The minimum atomic E-state index is 0.0527. The fourth-order valence-electron chi connectivity index (χ4n) is 2.07. The van der Waals surface area contributed by atoms with Crippen molar-refractivity contribution in [3.05, 3.63) is 33.8 Å². The lowest BCUT2D eigenvalue weighted by Gasteiger charge is -2.25. The van der Waals surface area contributed by atoms with Gasteiger partial charge in [-0.3, -0.25) is 9.69 Å². The number of hydrogen-bond acceptors (Lipinski definition) is 2. The van der Waals surface area contributed by atoms with Crippen molar-refractivity contribution in [1.29, 1.82) is 0 Å². The number of nitrogens with zero attached hydrogens (tertiary/aromatic N) is 1. The van der Waals surface area contributed by atoms with Crippen molar-refractivity contribution in [3.63, 3.8) is 0 Å². The molecule has 4 heteroatoms. The SMILES string of the molecule is CCCCCN(CC(=O)c1ccc(Cl)cc1Cl)C(C)C. The van der Waals surface area contributed by atoms with Crippen molar-refractivity contribution in [2.75, 3.05) is 13.1 Å². The van der Waals surface area contributed by atoms with Crippen LogP contribution in [0, 0.1) is 0 Å². The number of rotatable bonds is 8. The average molecular weight is 316 g/mol. The fraction of sp³-hybridized carbons (Fsp3) is 0.562. The molecule has 0 fully saturated rings. The van der Waals surface area contributed by atoms with E-state index in [1.807, 2.05) is 0 Å². The lowest BCUT2D eigenvalue weighted by molar-refractivity contribution is 0.0904. The monoisotopic (exact) mass is 315 g/mol. The molecule has 20 heavy (non-hydrogen) atoms. The Morgan fingerprint density at radius 2 is 1.95 bits per heavy atom. The molecular weight excluding hydrogens is 293 g/mol. The van der Waals surface area contributed by atoms with Crippen LogP contribution in [0.5, 0.6) is 0 Å². The Bertz CT molecular complexity index is 446. The molecule has 1 rings (SSSR count). The van der Waals surface area contributed by atoms with Gasteiger partial charge < -0.3 is 0 Å². The van der Waals surface area contributed by atoms with Crippen molar-refractivity contribution < 1.29 is 4.79 Å². The van der Waals surface area contributed by atoms with Gasteiger partial charge in [0, 0.05) is 16.6 Å². The molecule has 1 aromatic carbocycles. The Kier molecular flexibility index (Phi) is 7.57. The second-order valence-corrected chi connectivity index (χ2v) is 6.16. The maximum absolute atomic E-state index is 12.4. The van der Waals surface area contributed by atoms with Crippen molar-refractivity contribution >= 4 is 29.0 Å². The lowest BCUT2D eigenvalue weighted by Crippen LogP contribution is -2.36. The van der Waals surface area contributed by atoms with Crippen LogP contribution in [-0.2, 0) is 0 Å². The Hall–Kier alpha value is -0.570. The summed E-state index contributed by atoms with van der Waals surface area (Å²) in [6.07, 6.45) is 3.50. The predicted molar refractivity (Wildman–Crippen MR) is 87.0 cm³/mol. The molecular formula is C16H23Cl2NO. The molecule has 0 radical (unpaired) electrons. The molecule has 0 N–H and O–H groups in total. The standard InChI is InChI=1S/C16H23Cl2NO/c1-4-5-6-9-19(12(2)3)11-16(20)14-8-7-13(17)10-15(14)18/h7-8,10,12H,4-6,9,11H2,1-3H3. The van der Waals surface area contributed by atoms with Gasteiger partial charge in [-0.1, -0.05) is 43.0 Å². The molecule has 2 nitrogen and oxygen atoms in total. The smallest absolute Gasteiger partial charge is 0.178 e. The van der Waals surface area contributed by atoms with Crippen LogP contribution in [0.15, 0.2) is 18.2 Å². The summed E-state index contributed by atoms with van der Waals surface area (Å²) in [6, 6.07) is 5.38. The molecule has 0 unspecified atom stereocenters. The van der Waals surface area contributed by atoms with Crippen LogP contribution in [0.1, 0.15) is 50.4 Å². The minimum absolute atomic E-state index is 0.0527. The highest BCUT2D eigenvalue weighted by atomic mass is 35.5. The van der Waals surface area contributed by atoms with Crippen LogP contribution in [0.2, 0.25) is 10.0 Å². The van der Waals surface area contributed by atoms with Crippen LogP contribution in [-0.4, -0.2) is 29.8 Å². The number of hydrogen-bond donors (Lipinski definition) is 0. The molecule has 0 heterocycles. The van der Waals surface area contributed by atoms with Gasteiger partial charge in [-0.2, -0.15) is 0 Å². The summed E-state index contributed by atoms with van der Waals surface area (Å²) in [5.74, 6) is 0.0527. The quantitative estimate of drug-likeness (QED) is 0.492. The highest BCUT2D eigenvalue weighted by Gasteiger charge is 2.17. The van der Waals surface area contributed by atoms with Gasteiger partial charge in [0.05, 0.1) is 11.6 Å². The highest BCUT2D eigenvalue weighted by Crippen LogP contribution is 2.22. The molecule has 0 spiro atoms. The van der Waals surface area contributed by atoms with Crippen molar-refractivity contribution in [3.8, 4) is 0 Å². The van der Waals surface area contributed by atoms with Gasteiger partial charge in [0.2, 0.25) is 0 Å². The molecule has 0 aliphatic carbocycles. The van der Waals surface area contributed by atoms with Crippen LogP contribution in [0.3, 0.4) is 0 Å². The Balaban J connectivity index is 2.70. The number of carbonyl (C=O) groups is 1. The second kappa shape index (κ2) is 8.66. The summed E-state index contributed by atoms with van der Waals surface area (Å²) < 4.78 is 0. The van der Waals surface area contributed by atoms with Crippen molar-refractivity contribution in [2.24, 2.45) is 0 Å². The van der Waals surface area contributed by atoms with Crippen LogP contribution in [0.4, 0.5) is 0 Å². The first-order valence-corrected chi connectivity index (χ1v) is 7.93. The third-order valence-electron chi connectivity index (χ3n) is 3.36. The van der Waals surface area contributed by atoms with Gasteiger partial charge in [-0.15, -0.1) is 0 Å².